The Morgan fingerprint density at radius 3 is 2.17 bits per heavy atom. The zero-order chi connectivity index (χ0) is 25.4. The molecule has 1 fully saturated rings. The number of morpholine rings is 1. The Labute approximate surface area is 207 Å². The minimum Gasteiger partial charge on any atom is -0.495 e. The molecule has 0 aliphatic carbocycles. The van der Waals surface area contributed by atoms with Crippen molar-refractivity contribution < 1.29 is 22.6 Å². The molecule has 0 radical (unpaired) electrons. The quantitative estimate of drug-likeness (QED) is 0.320. The summed E-state index contributed by atoms with van der Waals surface area (Å²) in [5, 5.41) is 0.771. The molecule has 1 aliphatic rings. The Bertz CT molecular complexity index is 1360. The van der Waals surface area contributed by atoms with Crippen LogP contribution in [0.5, 0.6) is 5.75 Å². The molecule has 8 heteroatoms. The zero-order valence-electron chi connectivity index (χ0n) is 20.2. The molecule has 0 bridgehead atoms. The van der Waals surface area contributed by atoms with Gasteiger partial charge in [-0.2, -0.15) is 13.2 Å². The molecule has 36 heavy (non-hydrogen) atoms. The van der Waals surface area contributed by atoms with Gasteiger partial charge in [0.1, 0.15) is 11.4 Å². The monoisotopic (exact) mass is 493 g/mol. The molecule has 0 spiro atoms. The summed E-state index contributed by atoms with van der Waals surface area (Å²) < 4.78 is 50.5. The van der Waals surface area contributed by atoms with E-state index in [-0.39, 0.29) is 12.2 Å². The highest BCUT2D eigenvalue weighted by Crippen LogP contribution is 2.39. The standard InChI is InChI=1S/C28H26F3N3O2/c1-17-15-34(16-18(2)36-17)21-10-7-19(8-11-21)24-14-33-26-22(5-4-6-23(26)27(24)35-3)20-9-12-25(32-13-20)28(29,30)31/h4-14,17-18H,15-16H2,1-3H3. The van der Waals surface area contributed by atoms with Crippen molar-refractivity contribution in [3.8, 4) is 28.0 Å². The van der Waals surface area contributed by atoms with Crippen LogP contribution in [0.3, 0.4) is 0 Å². The third-order valence-corrected chi connectivity index (χ3v) is 6.38. The van der Waals surface area contributed by atoms with Crippen molar-refractivity contribution >= 4 is 16.6 Å². The third-order valence-electron chi connectivity index (χ3n) is 6.38. The molecule has 186 valence electrons. The largest absolute Gasteiger partial charge is 0.495 e. The predicted molar refractivity (Wildman–Crippen MR) is 134 cm³/mol. The number of ether oxygens (including phenoxy) is 2. The Balaban J connectivity index is 1.51. The molecule has 2 aromatic carbocycles. The number of hydrogen-bond acceptors (Lipinski definition) is 5. The van der Waals surface area contributed by atoms with E-state index < -0.39 is 11.9 Å². The van der Waals surface area contributed by atoms with E-state index in [4.69, 9.17) is 9.47 Å². The highest BCUT2D eigenvalue weighted by molar-refractivity contribution is 6.00. The Morgan fingerprint density at radius 1 is 0.861 bits per heavy atom. The van der Waals surface area contributed by atoms with Crippen LogP contribution in [0.1, 0.15) is 19.5 Å². The lowest BCUT2D eigenvalue weighted by atomic mass is 9.99. The van der Waals surface area contributed by atoms with E-state index in [1.165, 1.54) is 12.3 Å². The van der Waals surface area contributed by atoms with Gasteiger partial charge >= 0.3 is 6.18 Å². The number of fused-ring (bicyclic) bond motifs is 1. The van der Waals surface area contributed by atoms with Crippen molar-refractivity contribution in [3.63, 3.8) is 0 Å². The number of rotatable bonds is 4. The number of nitrogens with zero attached hydrogens (tertiary/aromatic N) is 3. The second kappa shape index (κ2) is 9.43. The number of methoxy groups -OCH3 is 1. The van der Waals surface area contributed by atoms with Gasteiger partial charge in [-0.05, 0) is 43.7 Å². The van der Waals surface area contributed by atoms with Gasteiger partial charge < -0.3 is 14.4 Å². The molecule has 1 aliphatic heterocycles. The van der Waals surface area contributed by atoms with Gasteiger partial charge in [-0.3, -0.25) is 9.97 Å². The summed E-state index contributed by atoms with van der Waals surface area (Å²) >= 11 is 0. The molecule has 0 amide bonds. The third kappa shape index (κ3) is 4.60. The predicted octanol–water partition coefficient (Wildman–Crippen LogP) is 6.60. The zero-order valence-corrected chi connectivity index (χ0v) is 20.2. The van der Waals surface area contributed by atoms with Crippen LogP contribution in [0.4, 0.5) is 18.9 Å². The van der Waals surface area contributed by atoms with E-state index in [9.17, 15) is 13.2 Å². The van der Waals surface area contributed by atoms with Crippen LogP contribution in [0.25, 0.3) is 33.2 Å². The first-order valence-corrected chi connectivity index (χ1v) is 11.7. The lowest BCUT2D eigenvalue weighted by Gasteiger charge is -2.36. The van der Waals surface area contributed by atoms with E-state index >= 15 is 0 Å². The number of halogens is 3. The van der Waals surface area contributed by atoms with Crippen molar-refractivity contribution in [3.05, 3.63) is 72.7 Å². The highest BCUT2D eigenvalue weighted by Gasteiger charge is 2.32. The van der Waals surface area contributed by atoms with Gasteiger partial charge in [-0.1, -0.05) is 30.3 Å². The van der Waals surface area contributed by atoms with E-state index in [2.05, 4.69) is 53.0 Å². The fourth-order valence-electron chi connectivity index (χ4n) is 4.82. The maximum absolute atomic E-state index is 12.9. The van der Waals surface area contributed by atoms with E-state index in [0.717, 1.165) is 41.4 Å². The molecule has 5 nitrogen and oxygen atoms in total. The summed E-state index contributed by atoms with van der Waals surface area (Å²) in [5.74, 6) is 0.656. The minimum atomic E-state index is -4.48. The van der Waals surface area contributed by atoms with Crippen LogP contribution in [0.15, 0.2) is 67.0 Å². The second-order valence-corrected chi connectivity index (χ2v) is 9.05. The van der Waals surface area contributed by atoms with Gasteiger partial charge in [0.15, 0.2) is 0 Å². The maximum Gasteiger partial charge on any atom is 0.433 e. The molecular weight excluding hydrogens is 467 g/mol. The number of para-hydroxylation sites is 1. The molecule has 4 aromatic rings. The first kappa shape index (κ1) is 24.1. The normalized spacial score (nSPS) is 18.4. The first-order chi connectivity index (χ1) is 17.2. The number of alkyl halides is 3. The second-order valence-electron chi connectivity index (χ2n) is 9.05. The van der Waals surface area contributed by atoms with Gasteiger partial charge in [0.2, 0.25) is 0 Å². The smallest absolute Gasteiger partial charge is 0.433 e. The number of anilines is 1. The molecule has 1 saturated heterocycles. The summed E-state index contributed by atoms with van der Waals surface area (Å²) in [7, 11) is 1.61. The topological polar surface area (TPSA) is 47.5 Å². The van der Waals surface area contributed by atoms with Gasteiger partial charge in [-0.15, -0.1) is 0 Å². The molecule has 5 rings (SSSR count). The van der Waals surface area contributed by atoms with E-state index in [0.29, 0.717) is 22.4 Å². The summed E-state index contributed by atoms with van der Waals surface area (Å²) in [6.45, 7) is 5.84. The molecule has 2 unspecified atom stereocenters. The van der Waals surface area contributed by atoms with Gasteiger partial charge in [-0.25, -0.2) is 0 Å². The summed E-state index contributed by atoms with van der Waals surface area (Å²) in [5.41, 5.74) is 3.87. The average Bonchev–Trinajstić information content (AvgIpc) is 2.86. The van der Waals surface area contributed by atoms with Crippen LogP contribution in [-0.4, -0.2) is 42.4 Å². The van der Waals surface area contributed by atoms with Crippen LogP contribution in [0.2, 0.25) is 0 Å². The molecule has 0 N–H and O–H groups in total. The number of benzene rings is 2. The van der Waals surface area contributed by atoms with Crippen LogP contribution in [-0.2, 0) is 10.9 Å². The maximum atomic E-state index is 12.9. The van der Waals surface area contributed by atoms with Crippen molar-refractivity contribution in [2.24, 2.45) is 0 Å². The average molecular weight is 494 g/mol. The SMILES string of the molecule is COc1c(-c2ccc(N3CC(C)OC(C)C3)cc2)cnc2c(-c3ccc(C(F)(F)F)nc3)cccc12. The number of aromatic nitrogens is 2. The molecule has 0 saturated carbocycles. The summed E-state index contributed by atoms with van der Waals surface area (Å²) in [6, 6.07) is 16.2. The molecule has 2 aromatic heterocycles. The number of pyridine rings is 2. The van der Waals surface area contributed by atoms with Crippen molar-refractivity contribution in [1.29, 1.82) is 0 Å². The van der Waals surface area contributed by atoms with Crippen molar-refractivity contribution in [2.45, 2.75) is 32.2 Å². The number of hydrogen-bond donors (Lipinski definition) is 0. The Hall–Kier alpha value is -3.65. The fourth-order valence-corrected chi connectivity index (χ4v) is 4.82. The van der Waals surface area contributed by atoms with Crippen LogP contribution < -0.4 is 9.64 Å². The highest BCUT2D eigenvalue weighted by atomic mass is 19.4. The summed E-state index contributed by atoms with van der Waals surface area (Å²) in [4.78, 5) is 10.6. The molecular formula is C28H26F3N3O2. The van der Waals surface area contributed by atoms with Gasteiger partial charge in [0, 0.05) is 53.2 Å². The van der Waals surface area contributed by atoms with Crippen LogP contribution >= 0.6 is 0 Å². The fraction of sp³-hybridized carbons (Fsp3) is 0.286. The Morgan fingerprint density at radius 2 is 1.56 bits per heavy atom. The molecule has 3 heterocycles. The van der Waals surface area contributed by atoms with E-state index in [1.54, 1.807) is 13.3 Å². The van der Waals surface area contributed by atoms with Crippen molar-refractivity contribution in [1.82, 2.24) is 9.97 Å². The van der Waals surface area contributed by atoms with Crippen molar-refractivity contribution in [2.75, 3.05) is 25.1 Å². The minimum absolute atomic E-state index is 0.173. The molecule has 2 atom stereocenters. The lowest BCUT2D eigenvalue weighted by molar-refractivity contribution is -0.141. The first-order valence-electron chi connectivity index (χ1n) is 11.7. The van der Waals surface area contributed by atoms with Gasteiger partial charge in [0.05, 0.1) is 24.8 Å². The van der Waals surface area contributed by atoms with Crippen LogP contribution in [0, 0.1) is 0 Å². The Kier molecular flexibility index (Phi) is 6.30. The lowest BCUT2D eigenvalue weighted by Crippen LogP contribution is -2.45. The van der Waals surface area contributed by atoms with E-state index in [1.807, 2.05) is 18.2 Å². The summed E-state index contributed by atoms with van der Waals surface area (Å²) in [6.07, 6.45) is -1.16. The van der Waals surface area contributed by atoms with Gasteiger partial charge in [0.25, 0.3) is 0 Å².